The summed E-state index contributed by atoms with van der Waals surface area (Å²) in [7, 11) is 0. The van der Waals surface area contributed by atoms with E-state index in [1.54, 1.807) is 0 Å². The van der Waals surface area contributed by atoms with Gasteiger partial charge in [0.15, 0.2) is 0 Å². The fraction of sp³-hybridized carbons (Fsp3) is 0.450. The van der Waals surface area contributed by atoms with Crippen molar-refractivity contribution in [2.45, 2.75) is 58.9 Å². The van der Waals surface area contributed by atoms with Crippen LogP contribution in [0.4, 0.5) is 0 Å². The molecule has 0 saturated heterocycles. The van der Waals surface area contributed by atoms with Crippen LogP contribution >= 0.6 is 0 Å². The smallest absolute Gasteiger partial charge is 0.259 e. The van der Waals surface area contributed by atoms with E-state index >= 15 is 0 Å². The van der Waals surface area contributed by atoms with Crippen molar-refractivity contribution in [1.82, 2.24) is 15.5 Å². The summed E-state index contributed by atoms with van der Waals surface area (Å²) in [4.78, 5) is 17.6. The number of amides is 1. The molecule has 1 fully saturated rings. The van der Waals surface area contributed by atoms with Crippen molar-refractivity contribution >= 4 is 17.0 Å². The molecular weight excluding hydrogens is 330 g/mol. The van der Waals surface area contributed by atoms with Crippen LogP contribution in [0, 0.1) is 13.8 Å². The highest BCUT2D eigenvalue weighted by molar-refractivity contribution is 6.06. The molecule has 0 unspecified atom stereocenters. The molecule has 6 heteroatoms. The maximum absolute atomic E-state index is 13.0. The van der Waals surface area contributed by atoms with Gasteiger partial charge in [0.2, 0.25) is 0 Å². The van der Waals surface area contributed by atoms with Crippen molar-refractivity contribution in [3.63, 3.8) is 0 Å². The van der Waals surface area contributed by atoms with Gasteiger partial charge in [0, 0.05) is 23.7 Å². The third kappa shape index (κ3) is 3.00. The molecule has 0 atom stereocenters. The third-order valence-corrected chi connectivity index (χ3v) is 4.86. The average Bonchev–Trinajstić information content (AvgIpc) is 3.27. The van der Waals surface area contributed by atoms with Gasteiger partial charge in [-0.2, -0.15) is 0 Å². The highest BCUT2D eigenvalue weighted by Crippen LogP contribution is 2.41. The first-order valence-electron chi connectivity index (χ1n) is 9.08. The van der Waals surface area contributed by atoms with Crippen LogP contribution in [0.25, 0.3) is 11.1 Å². The largest absolute Gasteiger partial charge is 0.466 e. The number of hydrogen-bond donors (Lipinski definition) is 1. The van der Waals surface area contributed by atoms with E-state index in [2.05, 4.69) is 15.5 Å². The second kappa shape index (κ2) is 6.27. The minimum absolute atomic E-state index is 0.136. The summed E-state index contributed by atoms with van der Waals surface area (Å²) < 4.78 is 11.0. The summed E-state index contributed by atoms with van der Waals surface area (Å²) >= 11 is 0. The Bertz CT molecular complexity index is 980. The van der Waals surface area contributed by atoms with Crippen molar-refractivity contribution in [2.75, 3.05) is 0 Å². The van der Waals surface area contributed by atoms with Crippen molar-refractivity contribution in [2.24, 2.45) is 0 Å². The molecule has 3 heterocycles. The Morgan fingerprint density at radius 2 is 2.08 bits per heavy atom. The number of aromatic nitrogens is 2. The van der Waals surface area contributed by atoms with Crippen LogP contribution in [0.2, 0.25) is 0 Å². The second-order valence-corrected chi connectivity index (χ2v) is 7.39. The summed E-state index contributed by atoms with van der Waals surface area (Å²) in [5, 5.41) is 7.89. The van der Waals surface area contributed by atoms with Gasteiger partial charge in [-0.1, -0.05) is 19.0 Å². The van der Waals surface area contributed by atoms with Gasteiger partial charge in [-0.05, 0) is 44.7 Å². The number of pyridine rings is 1. The van der Waals surface area contributed by atoms with Crippen molar-refractivity contribution in [3.8, 4) is 0 Å². The molecule has 6 nitrogen and oxygen atoms in total. The first-order valence-corrected chi connectivity index (χ1v) is 9.08. The van der Waals surface area contributed by atoms with Gasteiger partial charge in [-0.15, -0.1) is 0 Å². The Hall–Kier alpha value is -2.63. The summed E-state index contributed by atoms with van der Waals surface area (Å²) in [6, 6.07) is 3.86. The summed E-state index contributed by atoms with van der Waals surface area (Å²) in [5.41, 5.74) is 3.73. The Morgan fingerprint density at radius 1 is 1.31 bits per heavy atom. The molecule has 1 amide bonds. The summed E-state index contributed by atoms with van der Waals surface area (Å²) in [6.45, 7) is 8.30. The molecule has 3 aromatic rings. The molecule has 0 spiro atoms. The number of carbonyl (C=O) groups is 1. The lowest BCUT2D eigenvalue weighted by atomic mass is 10.0. The van der Waals surface area contributed by atoms with Crippen LogP contribution in [0.1, 0.15) is 77.4 Å². The molecule has 26 heavy (non-hydrogen) atoms. The molecule has 1 saturated carbocycles. The SMILES string of the molecule is Cc1cc(CNC(=O)c2cc(C3CC3)nc3onc(C(C)C)c23)c(C)o1. The summed E-state index contributed by atoms with van der Waals surface area (Å²) in [5.74, 6) is 2.11. The predicted molar refractivity (Wildman–Crippen MR) is 97.2 cm³/mol. The average molecular weight is 353 g/mol. The zero-order valence-corrected chi connectivity index (χ0v) is 15.5. The van der Waals surface area contributed by atoms with Crippen LogP contribution in [-0.4, -0.2) is 16.0 Å². The molecular formula is C20H23N3O3. The van der Waals surface area contributed by atoms with Crippen molar-refractivity contribution in [1.29, 1.82) is 0 Å². The van der Waals surface area contributed by atoms with Crippen LogP contribution in [0.5, 0.6) is 0 Å². The molecule has 4 rings (SSSR count). The fourth-order valence-corrected chi connectivity index (χ4v) is 3.28. The minimum atomic E-state index is -0.136. The van der Waals surface area contributed by atoms with E-state index in [-0.39, 0.29) is 11.8 Å². The number of carbonyl (C=O) groups excluding carboxylic acids is 1. The first kappa shape index (κ1) is 16.8. The van der Waals surface area contributed by atoms with Crippen molar-refractivity contribution in [3.05, 3.63) is 46.2 Å². The lowest BCUT2D eigenvalue weighted by molar-refractivity contribution is 0.0952. The van der Waals surface area contributed by atoms with E-state index < -0.39 is 0 Å². The molecule has 1 N–H and O–H groups in total. The number of furan rings is 1. The number of nitrogens with one attached hydrogen (secondary N) is 1. The second-order valence-electron chi connectivity index (χ2n) is 7.39. The predicted octanol–water partition coefficient (Wildman–Crippen LogP) is 4.36. The standard InChI is InChI=1S/C20H23N3O3/c1-10(2)18-17-15(8-16(13-5-6-13)22-20(17)26-23-18)19(24)21-9-14-7-11(3)25-12(14)4/h7-8,10,13H,5-6,9H2,1-4H3,(H,21,24). The molecule has 136 valence electrons. The Kier molecular flexibility index (Phi) is 4.05. The Labute approximate surface area is 152 Å². The highest BCUT2D eigenvalue weighted by Gasteiger charge is 2.29. The molecule has 3 aromatic heterocycles. The van der Waals surface area contributed by atoms with E-state index in [1.165, 1.54) is 0 Å². The molecule has 1 aliphatic carbocycles. The van der Waals surface area contributed by atoms with Gasteiger partial charge < -0.3 is 14.3 Å². The zero-order valence-electron chi connectivity index (χ0n) is 15.5. The maximum Gasteiger partial charge on any atom is 0.259 e. The van der Waals surface area contributed by atoms with Crippen LogP contribution in [-0.2, 0) is 6.54 Å². The number of rotatable bonds is 5. The van der Waals surface area contributed by atoms with Gasteiger partial charge >= 0.3 is 0 Å². The van der Waals surface area contributed by atoms with E-state index in [0.717, 1.165) is 46.7 Å². The zero-order chi connectivity index (χ0) is 18.4. The monoisotopic (exact) mass is 353 g/mol. The Morgan fingerprint density at radius 3 is 2.69 bits per heavy atom. The molecule has 0 aromatic carbocycles. The van der Waals surface area contributed by atoms with E-state index in [0.29, 0.717) is 23.7 Å². The van der Waals surface area contributed by atoms with Gasteiger partial charge in [0.25, 0.3) is 11.6 Å². The van der Waals surface area contributed by atoms with E-state index in [1.807, 2.05) is 39.8 Å². The number of aryl methyl sites for hydroxylation is 2. The quantitative estimate of drug-likeness (QED) is 0.737. The van der Waals surface area contributed by atoms with Crippen LogP contribution in [0.15, 0.2) is 21.1 Å². The van der Waals surface area contributed by atoms with Crippen molar-refractivity contribution < 1.29 is 13.7 Å². The maximum atomic E-state index is 13.0. The van der Waals surface area contributed by atoms with Crippen LogP contribution in [0.3, 0.4) is 0 Å². The van der Waals surface area contributed by atoms with Crippen LogP contribution < -0.4 is 5.32 Å². The number of fused-ring (bicyclic) bond motifs is 1. The lowest BCUT2D eigenvalue weighted by Gasteiger charge is -2.09. The van der Waals surface area contributed by atoms with E-state index in [9.17, 15) is 4.79 Å². The van der Waals surface area contributed by atoms with Gasteiger partial charge in [-0.25, -0.2) is 4.98 Å². The fourth-order valence-electron chi connectivity index (χ4n) is 3.28. The molecule has 0 bridgehead atoms. The third-order valence-electron chi connectivity index (χ3n) is 4.86. The lowest BCUT2D eigenvalue weighted by Crippen LogP contribution is -2.23. The first-order chi connectivity index (χ1) is 12.4. The summed E-state index contributed by atoms with van der Waals surface area (Å²) in [6.07, 6.45) is 2.22. The Balaban J connectivity index is 1.69. The minimum Gasteiger partial charge on any atom is -0.466 e. The number of nitrogens with zero attached hydrogens (tertiary/aromatic N) is 2. The number of hydrogen-bond acceptors (Lipinski definition) is 5. The van der Waals surface area contributed by atoms with E-state index in [4.69, 9.17) is 8.94 Å². The normalized spacial score (nSPS) is 14.3. The topological polar surface area (TPSA) is 81.2 Å². The molecule has 1 aliphatic rings. The molecule has 0 radical (unpaired) electrons. The molecule has 0 aliphatic heterocycles. The van der Waals surface area contributed by atoms with Gasteiger partial charge in [0.1, 0.15) is 11.5 Å². The van der Waals surface area contributed by atoms with Gasteiger partial charge in [-0.3, -0.25) is 4.79 Å². The van der Waals surface area contributed by atoms with Gasteiger partial charge in [0.05, 0.1) is 16.6 Å². The highest BCUT2D eigenvalue weighted by atomic mass is 16.5.